The molecule has 10 heteroatoms. The molecule has 26 rings (SSSR count). The molecule has 6 heterocycles. The van der Waals surface area contributed by atoms with Crippen LogP contribution in [0.25, 0.3) is 179 Å². The quantitative estimate of drug-likeness (QED) is 0.122. The summed E-state index contributed by atoms with van der Waals surface area (Å²) < 4.78 is 14.0. The first kappa shape index (κ1) is 73.6. The smallest absolute Gasteiger partial charge is 0.164 e. The fraction of sp³-hybridized carbons (Fsp3) is 0.0169. The van der Waals surface area contributed by atoms with Gasteiger partial charge in [-0.1, -0.05) is 370 Å². The van der Waals surface area contributed by atoms with E-state index in [0.717, 1.165) is 167 Å². The number of rotatable bonds is 10. The molecule has 0 N–H and O–H groups in total. The van der Waals surface area contributed by atoms with Crippen LogP contribution < -0.4 is 9.47 Å². The molecular weight excluding hydrogens is 1560 g/mol. The molecule has 596 valence electrons. The predicted molar refractivity (Wildman–Crippen MR) is 514 cm³/mol. The van der Waals surface area contributed by atoms with E-state index in [2.05, 4.69) is 315 Å². The number of fused-ring (bicyclic) bond motifs is 24. The summed E-state index contributed by atoms with van der Waals surface area (Å²) in [5, 5.41) is 6.44. The maximum atomic E-state index is 6.98. The molecule has 22 aromatic rings. The van der Waals surface area contributed by atoms with E-state index in [0.29, 0.717) is 34.9 Å². The summed E-state index contributed by atoms with van der Waals surface area (Å²) >= 11 is 0. The number of nitrogens with zero attached hydrogens (tertiary/aromatic N) is 8. The summed E-state index contributed by atoms with van der Waals surface area (Å²) in [5.41, 5.74) is 29.0. The lowest BCUT2D eigenvalue weighted by atomic mass is 9.65. The molecule has 0 bridgehead atoms. The molecule has 0 fully saturated rings. The van der Waals surface area contributed by atoms with Gasteiger partial charge in [0, 0.05) is 88.3 Å². The molecule has 2 aliphatic heterocycles. The van der Waals surface area contributed by atoms with E-state index < -0.39 is 10.8 Å². The van der Waals surface area contributed by atoms with E-state index in [1.807, 2.05) is 121 Å². The summed E-state index contributed by atoms with van der Waals surface area (Å²) in [5.74, 6) is 7.19. The lowest BCUT2D eigenvalue weighted by Gasteiger charge is -2.39. The molecule has 0 saturated heterocycles. The van der Waals surface area contributed by atoms with Gasteiger partial charge < -0.3 is 9.47 Å². The molecule has 4 aliphatic rings. The number of aromatic nitrogens is 8. The number of para-hydroxylation sites is 2. The van der Waals surface area contributed by atoms with Crippen LogP contribution in [0.5, 0.6) is 23.0 Å². The van der Waals surface area contributed by atoms with Crippen molar-refractivity contribution in [3.63, 3.8) is 0 Å². The Morgan fingerprint density at radius 3 is 0.781 bits per heavy atom. The Balaban J connectivity index is 0.000000139. The van der Waals surface area contributed by atoms with Gasteiger partial charge in [0.15, 0.2) is 34.9 Å². The van der Waals surface area contributed by atoms with Crippen LogP contribution in [-0.2, 0) is 10.8 Å². The minimum absolute atomic E-state index is 0.586. The van der Waals surface area contributed by atoms with Gasteiger partial charge in [-0.05, 0) is 144 Å². The van der Waals surface area contributed by atoms with Crippen LogP contribution >= 0.6 is 0 Å². The third-order valence-electron chi connectivity index (χ3n) is 25.9. The lowest BCUT2D eigenvalue weighted by molar-refractivity contribution is 0.437. The van der Waals surface area contributed by atoms with Gasteiger partial charge in [0.1, 0.15) is 23.0 Å². The zero-order valence-electron chi connectivity index (χ0n) is 69.0. The lowest BCUT2D eigenvalue weighted by Crippen LogP contribution is -2.32. The molecule has 0 amide bonds. The summed E-state index contributed by atoms with van der Waals surface area (Å²) in [6.45, 7) is 0. The second-order valence-electron chi connectivity index (χ2n) is 33.0. The van der Waals surface area contributed by atoms with Crippen molar-refractivity contribution in [2.45, 2.75) is 10.8 Å². The number of pyridine rings is 2. The zero-order chi connectivity index (χ0) is 84.4. The Kier molecular flexibility index (Phi) is 17.2. The largest absolute Gasteiger partial charge is 0.457 e. The van der Waals surface area contributed by atoms with Crippen LogP contribution in [0.3, 0.4) is 0 Å². The molecule has 0 saturated carbocycles. The van der Waals surface area contributed by atoms with Crippen LogP contribution in [-0.4, -0.2) is 39.9 Å². The third-order valence-corrected chi connectivity index (χ3v) is 25.9. The highest BCUT2D eigenvalue weighted by molar-refractivity contribution is 6.15. The maximum absolute atomic E-state index is 6.98. The standard InChI is InChI=1S/2C59H36N4O/c1-4-17-37(18-5-1)55-47-36-54-51(59(50-29-14-15-30-53(50)64-54)48-27-12-10-25-43(48)44-26-11-13-28-49(44)59)35-45(47)46-34-41(31-32-52(46)60-55)40-23-16-24-42(33-40)58-62-56(38-19-6-2-7-20-38)61-57(63-58)39-21-8-3-9-22-39;1-4-16-38(17-5-1)55-47-36-54-51(59(50-26-14-15-27-53(50)64-54)48-24-12-10-22-43(48)44-23-11-13-25-49(44)59)35-45(47)46-34-42(32-33-52(46)60-55)37-28-30-41(31-29-37)58-62-56(39-18-6-2-7-19-39)61-57(63-58)40-20-8-3-9-21-40/h2*1-36H. The van der Waals surface area contributed by atoms with Gasteiger partial charge >= 0.3 is 0 Å². The van der Waals surface area contributed by atoms with Crippen molar-refractivity contribution < 1.29 is 9.47 Å². The van der Waals surface area contributed by atoms with Crippen molar-refractivity contribution in [1.29, 1.82) is 0 Å². The van der Waals surface area contributed by atoms with Crippen molar-refractivity contribution in [2.75, 3.05) is 0 Å². The summed E-state index contributed by atoms with van der Waals surface area (Å²) in [7, 11) is 0. The third kappa shape index (κ3) is 11.9. The van der Waals surface area contributed by atoms with Crippen molar-refractivity contribution in [2.24, 2.45) is 0 Å². The van der Waals surface area contributed by atoms with Gasteiger partial charge in [-0.3, -0.25) is 0 Å². The van der Waals surface area contributed by atoms with Gasteiger partial charge in [-0.15, -0.1) is 0 Å². The van der Waals surface area contributed by atoms with Gasteiger partial charge in [0.2, 0.25) is 0 Å². The fourth-order valence-corrected chi connectivity index (χ4v) is 20.2. The Labute approximate surface area is 738 Å². The predicted octanol–water partition coefficient (Wildman–Crippen LogP) is 28.8. The second kappa shape index (κ2) is 29.9. The second-order valence-corrected chi connectivity index (χ2v) is 33.0. The number of hydrogen-bond acceptors (Lipinski definition) is 10. The van der Waals surface area contributed by atoms with E-state index in [9.17, 15) is 0 Å². The van der Waals surface area contributed by atoms with Crippen LogP contribution in [0, 0.1) is 0 Å². The topological polar surface area (TPSA) is 122 Å². The molecule has 2 aliphatic carbocycles. The van der Waals surface area contributed by atoms with Crippen LogP contribution in [0.15, 0.2) is 437 Å². The summed E-state index contributed by atoms with van der Waals surface area (Å²) in [6, 6.07) is 154. The first-order chi connectivity index (χ1) is 63.4. The van der Waals surface area contributed by atoms with Crippen molar-refractivity contribution in [3.05, 3.63) is 481 Å². The van der Waals surface area contributed by atoms with E-state index in [-0.39, 0.29) is 0 Å². The Morgan fingerprint density at radius 2 is 0.414 bits per heavy atom. The molecule has 128 heavy (non-hydrogen) atoms. The van der Waals surface area contributed by atoms with Gasteiger partial charge in [0.25, 0.3) is 0 Å². The number of ether oxygens (including phenoxy) is 2. The number of hydrogen-bond donors (Lipinski definition) is 0. The Hall–Kier alpha value is -17.1. The average molecular weight is 1630 g/mol. The number of benzene rings is 18. The summed E-state index contributed by atoms with van der Waals surface area (Å²) in [4.78, 5) is 40.7. The highest BCUT2D eigenvalue weighted by atomic mass is 16.5. The molecular formula is C118H72N8O2. The van der Waals surface area contributed by atoms with E-state index in [4.69, 9.17) is 49.3 Å². The molecule has 18 aromatic carbocycles. The fourth-order valence-electron chi connectivity index (χ4n) is 20.2. The van der Waals surface area contributed by atoms with E-state index >= 15 is 0 Å². The normalized spacial score (nSPS) is 12.9. The molecule has 0 atom stereocenters. The Bertz CT molecular complexity index is 8040. The molecule has 0 unspecified atom stereocenters. The molecule has 2 spiro atoms. The Morgan fingerprint density at radius 1 is 0.148 bits per heavy atom. The minimum Gasteiger partial charge on any atom is -0.457 e. The van der Waals surface area contributed by atoms with Crippen molar-refractivity contribution in [1.82, 2.24) is 39.9 Å². The molecule has 10 nitrogen and oxygen atoms in total. The monoisotopic (exact) mass is 1630 g/mol. The zero-order valence-corrected chi connectivity index (χ0v) is 69.0. The molecule has 0 radical (unpaired) electrons. The van der Waals surface area contributed by atoms with Gasteiger partial charge in [0.05, 0.1) is 33.3 Å². The highest BCUT2D eigenvalue weighted by Crippen LogP contribution is 2.65. The maximum Gasteiger partial charge on any atom is 0.164 e. The first-order valence-electron chi connectivity index (χ1n) is 43.3. The van der Waals surface area contributed by atoms with Crippen LogP contribution in [0.1, 0.15) is 44.5 Å². The van der Waals surface area contributed by atoms with Crippen LogP contribution in [0.4, 0.5) is 0 Å². The van der Waals surface area contributed by atoms with Crippen molar-refractivity contribution in [3.8, 4) is 158 Å². The van der Waals surface area contributed by atoms with E-state index in [1.54, 1.807) is 0 Å². The van der Waals surface area contributed by atoms with E-state index in [1.165, 1.54) is 44.5 Å². The highest BCUT2D eigenvalue weighted by Gasteiger charge is 2.53. The van der Waals surface area contributed by atoms with Gasteiger partial charge in [-0.25, -0.2) is 39.9 Å². The minimum atomic E-state index is -0.595. The van der Waals surface area contributed by atoms with Crippen LogP contribution in [0.2, 0.25) is 0 Å². The average Bonchev–Trinajstić information content (AvgIpc) is 1.52. The summed E-state index contributed by atoms with van der Waals surface area (Å²) in [6.07, 6.45) is 0. The SMILES string of the molecule is c1ccc(-c2nc(-c3ccccc3)nc(-c3ccc(-c4ccc5nc(-c6ccccc6)c6cc7c(cc6c5c4)C4(c5ccccc5O7)c5ccccc5-c5ccccc54)cc3)n2)cc1.c1ccc(-c2nc(-c3ccccc3)nc(-c3cccc(-c4ccc5nc(-c6ccccc6)c6cc7c(cc6c5c4)C4(c5ccccc5O7)c5ccccc5-c5ccccc54)c3)n2)cc1. The van der Waals surface area contributed by atoms with Gasteiger partial charge in [-0.2, -0.15) is 0 Å². The van der Waals surface area contributed by atoms with Crippen molar-refractivity contribution >= 4 is 43.4 Å². The molecule has 4 aromatic heterocycles. The first-order valence-corrected chi connectivity index (χ1v) is 43.3.